The van der Waals surface area contributed by atoms with Crippen molar-refractivity contribution in [1.82, 2.24) is 0 Å². The van der Waals surface area contributed by atoms with Crippen molar-refractivity contribution in [3.05, 3.63) is 90.3 Å². The fourth-order valence-electron chi connectivity index (χ4n) is 2.72. The minimum atomic E-state index is -0.586. The molecule has 0 bridgehead atoms. The van der Waals surface area contributed by atoms with Crippen LogP contribution < -0.4 is 10.1 Å². The van der Waals surface area contributed by atoms with Crippen LogP contribution in [0.2, 0.25) is 0 Å². The standard InChI is InChI=1S/C23H17FN2O2/c1-2-13-28-22-12-7-16-5-3-4-6-20(16)21(22)14-17(15-25)23(27)26-19-10-8-18(24)9-11-19/h2-12,14H,1,13H2,(H,26,27)/b17-14+. The monoisotopic (exact) mass is 372 g/mol. The molecule has 0 radical (unpaired) electrons. The summed E-state index contributed by atoms with van der Waals surface area (Å²) in [5, 5.41) is 13.9. The fourth-order valence-corrected chi connectivity index (χ4v) is 2.72. The van der Waals surface area contributed by atoms with Crippen LogP contribution >= 0.6 is 0 Å². The van der Waals surface area contributed by atoms with Crippen molar-refractivity contribution in [3.8, 4) is 11.8 Å². The van der Waals surface area contributed by atoms with Gasteiger partial charge in [-0.25, -0.2) is 4.39 Å². The number of halogens is 1. The lowest BCUT2D eigenvalue weighted by Crippen LogP contribution is -2.13. The first-order chi connectivity index (χ1) is 13.6. The number of carbonyl (C=O) groups excluding carboxylic acids is 1. The van der Waals surface area contributed by atoms with Gasteiger partial charge in [-0.3, -0.25) is 4.79 Å². The largest absolute Gasteiger partial charge is 0.489 e. The number of nitrogens with one attached hydrogen (secondary N) is 1. The molecule has 1 amide bonds. The number of hydrogen-bond acceptors (Lipinski definition) is 3. The van der Waals surface area contributed by atoms with E-state index >= 15 is 0 Å². The van der Waals surface area contributed by atoms with Crippen LogP contribution in [0.15, 0.2) is 78.9 Å². The molecule has 0 saturated heterocycles. The first-order valence-electron chi connectivity index (χ1n) is 8.56. The third-order valence-electron chi connectivity index (χ3n) is 4.04. The molecule has 4 nitrogen and oxygen atoms in total. The lowest BCUT2D eigenvalue weighted by atomic mass is 10.0. The highest BCUT2D eigenvalue weighted by Crippen LogP contribution is 2.30. The highest BCUT2D eigenvalue weighted by molar-refractivity contribution is 6.11. The van der Waals surface area contributed by atoms with Crippen molar-refractivity contribution >= 4 is 28.4 Å². The maximum Gasteiger partial charge on any atom is 0.266 e. The van der Waals surface area contributed by atoms with Gasteiger partial charge in [0.15, 0.2) is 0 Å². The lowest BCUT2D eigenvalue weighted by Gasteiger charge is -2.11. The van der Waals surface area contributed by atoms with E-state index in [9.17, 15) is 14.4 Å². The second kappa shape index (κ2) is 8.65. The predicted octanol–water partition coefficient (Wildman–Crippen LogP) is 5.09. The predicted molar refractivity (Wildman–Crippen MR) is 108 cm³/mol. The van der Waals surface area contributed by atoms with E-state index < -0.39 is 11.7 Å². The Bertz CT molecular complexity index is 1100. The van der Waals surface area contributed by atoms with Crippen LogP contribution in [0.3, 0.4) is 0 Å². The van der Waals surface area contributed by atoms with Gasteiger partial charge in [0.25, 0.3) is 5.91 Å². The molecule has 138 valence electrons. The highest BCUT2D eigenvalue weighted by Gasteiger charge is 2.13. The molecule has 0 spiro atoms. The van der Waals surface area contributed by atoms with Gasteiger partial charge in [-0.2, -0.15) is 5.26 Å². The Hall–Kier alpha value is -3.91. The van der Waals surface area contributed by atoms with Crippen molar-refractivity contribution in [2.24, 2.45) is 0 Å². The Kier molecular flexibility index (Phi) is 5.83. The van der Waals surface area contributed by atoms with Crippen LogP contribution in [0.25, 0.3) is 16.8 Å². The second-order valence-electron chi connectivity index (χ2n) is 5.93. The van der Waals surface area contributed by atoms with Gasteiger partial charge in [0, 0.05) is 11.3 Å². The zero-order valence-electron chi connectivity index (χ0n) is 15.0. The van der Waals surface area contributed by atoms with Gasteiger partial charge in [0.05, 0.1) is 0 Å². The number of ether oxygens (including phenoxy) is 1. The molecule has 0 aliphatic rings. The molecule has 0 fully saturated rings. The molecule has 0 aromatic heterocycles. The molecular formula is C23H17FN2O2. The number of hydrogen-bond donors (Lipinski definition) is 1. The minimum absolute atomic E-state index is 0.0934. The van der Waals surface area contributed by atoms with Crippen LogP contribution in [0.5, 0.6) is 5.75 Å². The van der Waals surface area contributed by atoms with E-state index in [1.54, 1.807) is 12.1 Å². The maximum atomic E-state index is 13.0. The summed E-state index contributed by atoms with van der Waals surface area (Å²) in [5.41, 5.74) is 0.934. The van der Waals surface area contributed by atoms with E-state index in [1.807, 2.05) is 36.4 Å². The smallest absolute Gasteiger partial charge is 0.266 e. The van der Waals surface area contributed by atoms with Crippen molar-refractivity contribution in [2.75, 3.05) is 11.9 Å². The summed E-state index contributed by atoms with van der Waals surface area (Å²) in [6, 6.07) is 18.6. The highest BCUT2D eigenvalue weighted by atomic mass is 19.1. The Labute approximate surface area is 162 Å². The number of fused-ring (bicyclic) bond motifs is 1. The number of nitriles is 1. The summed E-state index contributed by atoms with van der Waals surface area (Å²) in [6.45, 7) is 3.94. The third kappa shape index (κ3) is 4.25. The zero-order chi connectivity index (χ0) is 19.9. The van der Waals surface area contributed by atoms with Gasteiger partial charge in [0.2, 0.25) is 0 Å². The molecule has 0 aliphatic heterocycles. The van der Waals surface area contributed by atoms with E-state index in [2.05, 4.69) is 11.9 Å². The summed E-state index contributed by atoms with van der Waals surface area (Å²) in [7, 11) is 0. The molecule has 5 heteroatoms. The molecule has 3 aromatic rings. The zero-order valence-corrected chi connectivity index (χ0v) is 15.0. The molecule has 0 atom stereocenters. The Morgan fingerprint density at radius 1 is 1.14 bits per heavy atom. The Morgan fingerprint density at radius 3 is 2.61 bits per heavy atom. The van der Waals surface area contributed by atoms with Crippen molar-refractivity contribution in [3.63, 3.8) is 0 Å². The van der Waals surface area contributed by atoms with Crippen molar-refractivity contribution in [2.45, 2.75) is 0 Å². The molecular weight excluding hydrogens is 355 g/mol. The van der Waals surface area contributed by atoms with Gasteiger partial charge in [-0.1, -0.05) is 43.0 Å². The summed E-state index contributed by atoms with van der Waals surface area (Å²) in [5.74, 6) is -0.452. The molecule has 3 aromatic carbocycles. The van der Waals surface area contributed by atoms with Gasteiger partial charge in [-0.15, -0.1) is 0 Å². The number of rotatable bonds is 6. The Balaban J connectivity index is 2.02. The molecule has 28 heavy (non-hydrogen) atoms. The number of nitrogens with zero attached hydrogens (tertiary/aromatic N) is 1. The average Bonchev–Trinajstić information content (AvgIpc) is 2.72. The quantitative estimate of drug-likeness (QED) is 0.372. The van der Waals surface area contributed by atoms with E-state index in [0.29, 0.717) is 23.6 Å². The normalized spacial score (nSPS) is 10.9. The van der Waals surface area contributed by atoms with Gasteiger partial charge >= 0.3 is 0 Å². The fraction of sp³-hybridized carbons (Fsp3) is 0.0435. The molecule has 0 saturated carbocycles. The topological polar surface area (TPSA) is 62.1 Å². The minimum Gasteiger partial charge on any atom is -0.489 e. The number of benzene rings is 3. The van der Waals surface area contributed by atoms with Gasteiger partial charge in [-0.05, 0) is 47.2 Å². The van der Waals surface area contributed by atoms with E-state index in [4.69, 9.17) is 4.74 Å². The van der Waals surface area contributed by atoms with E-state index in [1.165, 1.54) is 30.3 Å². The summed E-state index contributed by atoms with van der Waals surface area (Å²) >= 11 is 0. The van der Waals surface area contributed by atoms with E-state index in [-0.39, 0.29) is 5.57 Å². The van der Waals surface area contributed by atoms with Gasteiger partial charge < -0.3 is 10.1 Å². The first kappa shape index (κ1) is 18.9. The van der Waals surface area contributed by atoms with Crippen LogP contribution in [0, 0.1) is 17.1 Å². The third-order valence-corrected chi connectivity index (χ3v) is 4.04. The van der Waals surface area contributed by atoms with Crippen LogP contribution in [0.1, 0.15) is 5.56 Å². The summed E-state index contributed by atoms with van der Waals surface area (Å²) in [4.78, 5) is 12.5. The van der Waals surface area contributed by atoms with Crippen LogP contribution in [-0.2, 0) is 4.79 Å². The van der Waals surface area contributed by atoms with Crippen LogP contribution in [-0.4, -0.2) is 12.5 Å². The summed E-state index contributed by atoms with van der Waals surface area (Å²) in [6.07, 6.45) is 3.12. The molecule has 3 rings (SSSR count). The number of carbonyl (C=O) groups is 1. The van der Waals surface area contributed by atoms with Gasteiger partial charge in [0.1, 0.15) is 29.8 Å². The first-order valence-corrected chi connectivity index (χ1v) is 8.56. The number of anilines is 1. The maximum absolute atomic E-state index is 13.0. The molecule has 0 aliphatic carbocycles. The SMILES string of the molecule is C=CCOc1ccc2ccccc2c1/C=C(\C#N)C(=O)Nc1ccc(F)cc1. The van der Waals surface area contributed by atoms with E-state index in [0.717, 1.165) is 10.8 Å². The molecule has 0 heterocycles. The summed E-state index contributed by atoms with van der Waals surface area (Å²) < 4.78 is 18.7. The average molecular weight is 372 g/mol. The second-order valence-corrected chi connectivity index (χ2v) is 5.93. The molecule has 0 unspecified atom stereocenters. The molecule has 1 N–H and O–H groups in total. The Morgan fingerprint density at radius 2 is 1.89 bits per heavy atom. The number of amides is 1. The van der Waals surface area contributed by atoms with Crippen molar-refractivity contribution < 1.29 is 13.9 Å². The van der Waals surface area contributed by atoms with Crippen molar-refractivity contribution in [1.29, 1.82) is 5.26 Å². The van der Waals surface area contributed by atoms with Crippen LogP contribution in [0.4, 0.5) is 10.1 Å². The lowest BCUT2D eigenvalue weighted by molar-refractivity contribution is -0.112.